The van der Waals surface area contributed by atoms with Crippen molar-refractivity contribution in [3.8, 4) is 11.8 Å². The molecule has 6 rings (SSSR count). The Balaban J connectivity index is 1.44. The highest BCUT2D eigenvalue weighted by Gasteiger charge is 2.62. The maximum atomic E-state index is 15.4. The molecule has 7 atom stereocenters. The van der Waals surface area contributed by atoms with E-state index in [9.17, 15) is 36.7 Å². The standard InChI is InChI=1S/C40H50ClF4N5O9S/c1-21-9-6-7-10-23-18-40(23,36(53)48-60(56,57)25-13-14-25)47-33(51)29-16-24(59-34-26-11-8-12-28(41)27(26)17-31(46-34)58-20-30(42)43)19-49(29)35(52)32(22(2)15-21)50(37(54)55)38(3,4)39(5,44)45/h7-8,10-12,17,21-25,29-30,32H,6,9,13-16,18-20H2,1-5H3,(H,47,51)(H,48,53)(H,54,55)/b10-7-/t21-,22-,23-,24-,29+,32+,40-/m1/s1. The largest absolute Gasteiger partial charge is 0.472 e. The zero-order valence-corrected chi connectivity index (χ0v) is 35.4. The summed E-state index contributed by atoms with van der Waals surface area (Å²) in [7, 11) is -4.05. The average molecular weight is 888 g/mol. The van der Waals surface area contributed by atoms with Crippen molar-refractivity contribution in [1.82, 2.24) is 24.8 Å². The number of nitrogens with zero attached hydrogens (tertiary/aromatic N) is 3. The van der Waals surface area contributed by atoms with Gasteiger partial charge in [0.25, 0.3) is 18.3 Å². The number of carboxylic acid groups (broad SMARTS) is 1. The molecule has 4 aliphatic rings. The van der Waals surface area contributed by atoms with E-state index in [0.717, 1.165) is 18.7 Å². The zero-order chi connectivity index (χ0) is 44.1. The van der Waals surface area contributed by atoms with Crippen molar-refractivity contribution < 1.29 is 59.7 Å². The van der Waals surface area contributed by atoms with Crippen LogP contribution < -0.4 is 19.5 Å². The van der Waals surface area contributed by atoms with Crippen molar-refractivity contribution in [3.63, 3.8) is 0 Å². The van der Waals surface area contributed by atoms with Crippen molar-refractivity contribution in [2.75, 3.05) is 13.2 Å². The van der Waals surface area contributed by atoms with Crippen molar-refractivity contribution in [2.24, 2.45) is 17.8 Å². The maximum absolute atomic E-state index is 15.4. The molecular formula is C40H50ClF4N5O9S. The molecule has 1 aromatic heterocycles. The second-order valence-electron chi connectivity index (χ2n) is 17.1. The van der Waals surface area contributed by atoms with Gasteiger partial charge in [-0.25, -0.2) is 30.8 Å². The van der Waals surface area contributed by atoms with E-state index in [4.69, 9.17) is 21.1 Å². The second-order valence-corrected chi connectivity index (χ2v) is 19.5. The molecule has 4 amide bonds. The predicted molar refractivity (Wildman–Crippen MR) is 212 cm³/mol. The van der Waals surface area contributed by atoms with Gasteiger partial charge in [-0.3, -0.25) is 24.0 Å². The number of sulfonamides is 1. The summed E-state index contributed by atoms with van der Waals surface area (Å²) < 4.78 is 96.5. The van der Waals surface area contributed by atoms with E-state index in [0.29, 0.717) is 48.3 Å². The van der Waals surface area contributed by atoms with Crippen LogP contribution in [-0.2, 0) is 24.4 Å². The molecule has 3 N–H and O–H groups in total. The van der Waals surface area contributed by atoms with Crippen LogP contribution >= 0.6 is 11.6 Å². The smallest absolute Gasteiger partial charge is 0.408 e. The van der Waals surface area contributed by atoms with Crippen LogP contribution in [0.3, 0.4) is 0 Å². The Kier molecular flexibility index (Phi) is 12.7. The van der Waals surface area contributed by atoms with E-state index in [1.165, 1.54) is 6.07 Å². The van der Waals surface area contributed by atoms with Crippen LogP contribution in [0.1, 0.15) is 79.6 Å². The fourth-order valence-corrected chi connectivity index (χ4v) is 9.81. The summed E-state index contributed by atoms with van der Waals surface area (Å²) in [6.45, 7) is 4.63. The highest BCUT2D eigenvalue weighted by atomic mass is 35.5. The molecule has 3 fully saturated rings. The summed E-state index contributed by atoms with van der Waals surface area (Å²) in [5.41, 5.74) is -4.17. The molecule has 0 unspecified atom stereocenters. The Morgan fingerprint density at radius 3 is 2.47 bits per heavy atom. The van der Waals surface area contributed by atoms with Crippen molar-refractivity contribution in [1.29, 1.82) is 0 Å². The van der Waals surface area contributed by atoms with Gasteiger partial charge in [-0.1, -0.05) is 43.7 Å². The number of carbonyl (C=O) groups excluding carboxylic acids is 3. The third kappa shape index (κ3) is 9.26. The van der Waals surface area contributed by atoms with Crippen LogP contribution in [0.4, 0.5) is 22.4 Å². The van der Waals surface area contributed by atoms with E-state index in [2.05, 4.69) is 15.0 Å². The number of amides is 4. The minimum Gasteiger partial charge on any atom is -0.472 e. The molecule has 2 aliphatic heterocycles. The number of allylic oxidation sites excluding steroid dienone is 1. The fraction of sp³-hybridized carbons (Fsp3) is 0.625. The van der Waals surface area contributed by atoms with E-state index in [1.807, 2.05) is 13.0 Å². The minimum absolute atomic E-state index is 0.0334. The Hall–Kier alpha value is -4.39. The van der Waals surface area contributed by atoms with Crippen LogP contribution in [0.15, 0.2) is 36.4 Å². The SMILES string of the molecule is C[C@@H]1CC/C=C\[C@@H]2C[C@@]2(C(=O)NS(=O)(=O)C2CC2)NC(=O)[C@@H]2C[C@@H](Oc3nc(OCC(F)F)cc4c(Cl)cccc34)CN2C(=O)[C@@H](N(C(=O)O)C(C)(C)C(C)(F)F)[C@H](C)C1. The normalized spacial score (nSPS) is 28.5. The molecule has 0 spiro atoms. The van der Waals surface area contributed by atoms with Crippen LogP contribution in [0.2, 0.25) is 5.02 Å². The molecule has 2 saturated carbocycles. The molecule has 20 heteroatoms. The lowest BCUT2D eigenvalue weighted by Gasteiger charge is -2.47. The first-order valence-corrected chi connectivity index (χ1v) is 21.8. The Morgan fingerprint density at radius 2 is 1.83 bits per heavy atom. The summed E-state index contributed by atoms with van der Waals surface area (Å²) in [6, 6.07) is 2.79. The first kappa shape index (κ1) is 45.1. The highest BCUT2D eigenvalue weighted by molar-refractivity contribution is 7.91. The predicted octanol–water partition coefficient (Wildman–Crippen LogP) is 6.16. The van der Waals surface area contributed by atoms with Crippen LogP contribution in [-0.4, -0.2) is 112 Å². The maximum Gasteiger partial charge on any atom is 0.408 e. The van der Waals surface area contributed by atoms with E-state index in [1.54, 1.807) is 31.2 Å². The Bertz CT molecular complexity index is 2150. The van der Waals surface area contributed by atoms with Gasteiger partial charge in [0.05, 0.1) is 11.8 Å². The number of nitrogens with one attached hydrogen (secondary N) is 2. The van der Waals surface area contributed by atoms with Gasteiger partial charge in [0, 0.05) is 41.1 Å². The first-order chi connectivity index (χ1) is 28.0. The van der Waals surface area contributed by atoms with Gasteiger partial charge in [0.2, 0.25) is 33.6 Å². The van der Waals surface area contributed by atoms with E-state index >= 15 is 13.6 Å². The Morgan fingerprint density at radius 1 is 1.13 bits per heavy atom. The topological polar surface area (TPSA) is 185 Å². The molecule has 1 saturated heterocycles. The number of aromatic nitrogens is 1. The number of carbonyl (C=O) groups is 4. The number of hydrogen-bond acceptors (Lipinski definition) is 9. The van der Waals surface area contributed by atoms with Gasteiger partial charge < -0.3 is 24.8 Å². The molecule has 2 aromatic rings. The van der Waals surface area contributed by atoms with Crippen molar-refractivity contribution in [2.45, 2.75) is 126 Å². The molecule has 14 nitrogen and oxygen atoms in total. The lowest BCUT2D eigenvalue weighted by atomic mass is 9.84. The second kappa shape index (κ2) is 16.8. The number of rotatable bonds is 11. The molecular weight excluding hydrogens is 838 g/mol. The van der Waals surface area contributed by atoms with Crippen molar-refractivity contribution >= 4 is 56.2 Å². The number of fused-ring (bicyclic) bond motifs is 3. The number of hydrogen-bond donors (Lipinski definition) is 3. The lowest BCUT2D eigenvalue weighted by Crippen LogP contribution is -2.66. The van der Waals surface area contributed by atoms with E-state index in [-0.39, 0.29) is 42.0 Å². The monoisotopic (exact) mass is 887 g/mol. The van der Waals surface area contributed by atoms with Crippen LogP contribution in [0.25, 0.3) is 10.8 Å². The summed E-state index contributed by atoms with van der Waals surface area (Å²) in [5, 5.41) is 13.4. The first-order valence-electron chi connectivity index (χ1n) is 19.9. The summed E-state index contributed by atoms with van der Waals surface area (Å²) in [4.78, 5) is 62.4. The molecule has 60 heavy (non-hydrogen) atoms. The van der Waals surface area contributed by atoms with Gasteiger partial charge in [-0.05, 0) is 76.3 Å². The quantitative estimate of drug-likeness (QED) is 0.175. The van der Waals surface area contributed by atoms with Gasteiger partial charge in [0.1, 0.15) is 29.3 Å². The molecule has 0 bridgehead atoms. The van der Waals surface area contributed by atoms with Gasteiger partial charge in [0.15, 0.2) is 6.61 Å². The molecule has 1 aromatic carbocycles. The van der Waals surface area contributed by atoms with Crippen LogP contribution in [0.5, 0.6) is 11.8 Å². The third-order valence-corrected chi connectivity index (χ3v) is 14.3. The molecule has 2 aliphatic carbocycles. The lowest BCUT2D eigenvalue weighted by molar-refractivity contribution is -0.156. The average Bonchev–Trinajstić information content (AvgIpc) is 4.07. The van der Waals surface area contributed by atoms with E-state index < -0.39 is 106 Å². The molecule has 330 valence electrons. The summed E-state index contributed by atoms with van der Waals surface area (Å²) >= 11 is 6.45. The number of halogens is 5. The highest BCUT2D eigenvalue weighted by Crippen LogP contribution is 2.47. The summed E-state index contributed by atoms with van der Waals surface area (Å²) in [6.07, 6.45) is -0.518. The Labute approximate surface area is 350 Å². The van der Waals surface area contributed by atoms with Crippen molar-refractivity contribution in [3.05, 3.63) is 41.4 Å². The number of benzene rings is 1. The third-order valence-electron chi connectivity index (χ3n) is 12.1. The minimum atomic E-state index is -4.05. The zero-order valence-electron chi connectivity index (χ0n) is 33.8. The fourth-order valence-electron chi connectivity index (χ4n) is 8.22. The number of ether oxygens (including phenoxy) is 2. The molecule has 0 radical (unpaired) electrons. The van der Waals surface area contributed by atoms with Gasteiger partial charge in [-0.15, -0.1) is 0 Å². The van der Waals surface area contributed by atoms with Gasteiger partial charge in [-0.2, -0.15) is 4.98 Å². The molecule has 3 heterocycles. The number of alkyl halides is 4. The van der Waals surface area contributed by atoms with Gasteiger partial charge >= 0.3 is 6.09 Å². The summed E-state index contributed by atoms with van der Waals surface area (Å²) in [5.74, 6) is -8.56. The number of pyridine rings is 1. The van der Waals surface area contributed by atoms with Crippen LogP contribution in [0, 0.1) is 17.8 Å².